The van der Waals surface area contributed by atoms with Crippen LogP contribution in [0.25, 0.3) is 0 Å². The smallest absolute Gasteiger partial charge is 0.226 e. The van der Waals surface area contributed by atoms with Gasteiger partial charge in [0, 0.05) is 24.8 Å². The van der Waals surface area contributed by atoms with Crippen LogP contribution in [0.2, 0.25) is 0 Å². The van der Waals surface area contributed by atoms with E-state index >= 15 is 0 Å². The quantitative estimate of drug-likeness (QED) is 0.776. The summed E-state index contributed by atoms with van der Waals surface area (Å²) in [7, 11) is 0. The highest BCUT2D eigenvalue weighted by molar-refractivity contribution is 5.34. The largest absolute Gasteiger partial charge is 0.330 e. The lowest BCUT2D eigenvalue weighted by Crippen LogP contribution is -2.27. The average Bonchev–Trinajstić information content (AvgIpc) is 2.32. The topological polar surface area (TPSA) is 41.1 Å². The number of anilines is 1. The molecule has 1 aromatic heterocycles. The van der Waals surface area contributed by atoms with Crippen molar-refractivity contribution in [3.8, 4) is 12.3 Å². The maximum Gasteiger partial charge on any atom is 0.226 e. The molecule has 1 rings (SSSR count). The number of nitrogens with one attached hydrogen (secondary N) is 1. The molecule has 0 atom stereocenters. The molecule has 0 aliphatic carbocycles. The summed E-state index contributed by atoms with van der Waals surface area (Å²) in [6.45, 7) is 10.4. The highest BCUT2D eigenvalue weighted by Crippen LogP contribution is 2.10. The van der Waals surface area contributed by atoms with Crippen molar-refractivity contribution in [1.29, 1.82) is 0 Å². The molecule has 0 spiro atoms. The average molecular weight is 246 g/mol. The fourth-order valence-electron chi connectivity index (χ4n) is 1.59. The van der Waals surface area contributed by atoms with Crippen molar-refractivity contribution >= 4 is 5.95 Å². The molecule has 98 valence electrons. The van der Waals surface area contributed by atoms with Gasteiger partial charge in [-0.15, -0.1) is 6.42 Å². The van der Waals surface area contributed by atoms with E-state index in [0.29, 0.717) is 12.6 Å². The highest BCUT2D eigenvalue weighted by Gasteiger charge is 2.08. The number of nitrogens with zero attached hydrogens (tertiary/aromatic N) is 3. The second-order valence-electron chi connectivity index (χ2n) is 4.55. The molecule has 4 heteroatoms. The van der Waals surface area contributed by atoms with E-state index in [0.717, 1.165) is 30.4 Å². The molecule has 18 heavy (non-hydrogen) atoms. The van der Waals surface area contributed by atoms with E-state index in [4.69, 9.17) is 6.42 Å². The van der Waals surface area contributed by atoms with Crippen LogP contribution in [-0.2, 0) is 6.54 Å². The first-order valence-electron chi connectivity index (χ1n) is 6.33. The number of aryl methyl sites for hydroxylation is 1. The number of aromatic nitrogens is 2. The summed E-state index contributed by atoms with van der Waals surface area (Å²) in [6, 6.07) is 2.44. The summed E-state index contributed by atoms with van der Waals surface area (Å²) < 4.78 is 0. The fraction of sp³-hybridized carbons (Fsp3) is 0.571. The molecule has 4 nitrogen and oxygen atoms in total. The summed E-state index contributed by atoms with van der Waals surface area (Å²) in [6.07, 6.45) is 5.36. The fourth-order valence-corrected chi connectivity index (χ4v) is 1.59. The maximum absolute atomic E-state index is 5.36. The monoisotopic (exact) mass is 246 g/mol. The van der Waals surface area contributed by atoms with Crippen LogP contribution in [0.4, 0.5) is 5.95 Å². The van der Waals surface area contributed by atoms with Gasteiger partial charge in [0.15, 0.2) is 0 Å². The molecule has 0 saturated heterocycles. The summed E-state index contributed by atoms with van der Waals surface area (Å²) >= 11 is 0. The van der Waals surface area contributed by atoms with Gasteiger partial charge in [-0.3, -0.25) is 0 Å². The minimum Gasteiger partial charge on any atom is -0.330 e. The van der Waals surface area contributed by atoms with Gasteiger partial charge in [0.05, 0.1) is 12.2 Å². The lowest BCUT2D eigenvalue weighted by Gasteiger charge is -2.19. The van der Waals surface area contributed by atoms with Crippen LogP contribution in [0.1, 0.15) is 32.2 Å². The van der Waals surface area contributed by atoms with Crippen molar-refractivity contribution in [2.75, 3.05) is 18.0 Å². The molecule has 0 aliphatic heterocycles. The third kappa shape index (κ3) is 4.34. The normalized spacial score (nSPS) is 10.4. The SMILES string of the molecule is C#CCN(CC)c1nc(C)cc(CNC(C)C)n1. The van der Waals surface area contributed by atoms with Crippen LogP contribution in [-0.4, -0.2) is 29.1 Å². The second-order valence-corrected chi connectivity index (χ2v) is 4.55. The number of hydrogen-bond acceptors (Lipinski definition) is 4. The van der Waals surface area contributed by atoms with Gasteiger partial charge in [0.2, 0.25) is 5.95 Å². The Morgan fingerprint density at radius 3 is 2.72 bits per heavy atom. The van der Waals surface area contributed by atoms with E-state index in [1.54, 1.807) is 0 Å². The Balaban J connectivity index is 2.89. The van der Waals surface area contributed by atoms with Gasteiger partial charge in [-0.05, 0) is 19.9 Å². The predicted octanol–water partition coefficient (Wildman–Crippen LogP) is 1.74. The predicted molar refractivity (Wildman–Crippen MR) is 75.5 cm³/mol. The van der Waals surface area contributed by atoms with E-state index < -0.39 is 0 Å². The molecule has 0 fully saturated rings. The Morgan fingerprint density at radius 2 is 2.17 bits per heavy atom. The molecule has 0 bridgehead atoms. The summed E-state index contributed by atoms with van der Waals surface area (Å²) in [5.74, 6) is 3.36. The first kappa shape index (κ1) is 14.5. The van der Waals surface area contributed by atoms with Gasteiger partial charge in [-0.2, -0.15) is 0 Å². The Hall–Kier alpha value is -1.60. The summed E-state index contributed by atoms with van der Waals surface area (Å²) in [4.78, 5) is 11.0. The number of hydrogen-bond donors (Lipinski definition) is 1. The molecule has 0 unspecified atom stereocenters. The van der Waals surface area contributed by atoms with E-state index in [9.17, 15) is 0 Å². The Labute approximate surface area is 110 Å². The molecular formula is C14H22N4. The molecule has 0 radical (unpaired) electrons. The first-order valence-corrected chi connectivity index (χ1v) is 6.33. The van der Waals surface area contributed by atoms with Crippen LogP contribution in [0.5, 0.6) is 0 Å². The van der Waals surface area contributed by atoms with E-state index in [1.807, 2.05) is 17.9 Å². The Bertz CT molecular complexity index is 420. The zero-order chi connectivity index (χ0) is 13.5. The van der Waals surface area contributed by atoms with Gasteiger partial charge in [0.1, 0.15) is 0 Å². The first-order chi connectivity index (χ1) is 8.56. The third-order valence-electron chi connectivity index (χ3n) is 2.53. The number of terminal acetylenes is 1. The van der Waals surface area contributed by atoms with Crippen molar-refractivity contribution in [3.05, 3.63) is 17.5 Å². The molecule has 0 saturated carbocycles. The third-order valence-corrected chi connectivity index (χ3v) is 2.53. The van der Waals surface area contributed by atoms with Gasteiger partial charge in [-0.25, -0.2) is 9.97 Å². The minimum absolute atomic E-state index is 0.441. The molecular weight excluding hydrogens is 224 g/mol. The standard InChI is InChI=1S/C14H22N4/c1-6-8-18(7-2)14-16-12(5)9-13(17-14)10-15-11(3)4/h1,9,11,15H,7-8,10H2,2-5H3. The molecule has 1 heterocycles. The van der Waals surface area contributed by atoms with Crippen molar-refractivity contribution in [2.45, 2.75) is 40.3 Å². The van der Waals surface area contributed by atoms with Gasteiger partial charge < -0.3 is 10.2 Å². The summed E-state index contributed by atoms with van der Waals surface area (Å²) in [5.41, 5.74) is 1.97. The van der Waals surface area contributed by atoms with Crippen LogP contribution in [0.3, 0.4) is 0 Å². The van der Waals surface area contributed by atoms with Crippen molar-refractivity contribution in [1.82, 2.24) is 15.3 Å². The molecule has 1 N–H and O–H groups in total. The van der Waals surface area contributed by atoms with Crippen molar-refractivity contribution in [3.63, 3.8) is 0 Å². The molecule has 0 aromatic carbocycles. The zero-order valence-electron chi connectivity index (χ0n) is 11.7. The van der Waals surface area contributed by atoms with Crippen LogP contribution in [0, 0.1) is 19.3 Å². The van der Waals surface area contributed by atoms with E-state index in [2.05, 4.69) is 42.0 Å². The molecule has 0 aliphatic rings. The second kappa shape index (κ2) is 6.97. The van der Waals surface area contributed by atoms with Crippen molar-refractivity contribution < 1.29 is 0 Å². The zero-order valence-corrected chi connectivity index (χ0v) is 11.7. The Kier molecular flexibility index (Phi) is 5.60. The van der Waals surface area contributed by atoms with Gasteiger partial charge in [0.25, 0.3) is 0 Å². The lowest BCUT2D eigenvalue weighted by atomic mass is 10.3. The van der Waals surface area contributed by atoms with Crippen LogP contribution >= 0.6 is 0 Å². The van der Waals surface area contributed by atoms with Gasteiger partial charge in [-0.1, -0.05) is 19.8 Å². The van der Waals surface area contributed by atoms with Crippen molar-refractivity contribution in [2.24, 2.45) is 0 Å². The molecule has 0 amide bonds. The Morgan fingerprint density at radius 1 is 1.44 bits per heavy atom. The lowest BCUT2D eigenvalue weighted by molar-refractivity contribution is 0.580. The minimum atomic E-state index is 0.441. The highest BCUT2D eigenvalue weighted by atomic mass is 15.2. The van der Waals surface area contributed by atoms with Crippen LogP contribution < -0.4 is 10.2 Å². The summed E-state index contributed by atoms with van der Waals surface area (Å²) in [5, 5.41) is 3.36. The van der Waals surface area contributed by atoms with E-state index in [1.165, 1.54) is 0 Å². The number of rotatable bonds is 6. The van der Waals surface area contributed by atoms with Crippen LogP contribution in [0.15, 0.2) is 6.07 Å². The molecule has 1 aromatic rings. The maximum atomic E-state index is 5.36. The van der Waals surface area contributed by atoms with E-state index in [-0.39, 0.29) is 0 Å². The van der Waals surface area contributed by atoms with Gasteiger partial charge >= 0.3 is 0 Å².